The molecule has 0 saturated heterocycles. The second-order valence-corrected chi connectivity index (χ2v) is 5.55. The Hall–Kier alpha value is -2.44. The molecule has 1 aromatic rings. The van der Waals surface area contributed by atoms with Crippen LogP contribution in [0.1, 0.15) is 33.6 Å². The van der Waals surface area contributed by atoms with Gasteiger partial charge in [0.05, 0.1) is 13.7 Å². The first kappa shape index (κ1) is 20.6. The Bertz CT molecular complexity index is 575. The summed E-state index contributed by atoms with van der Waals surface area (Å²) < 4.78 is 10.8. The van der Waals surface area contributed by atoms with E-state index in [4.69, 9.17) is 9.47 Å². The lowest BCUT2D eigenvalue weighted by atomic mass is 10.2. The van der Waals surface area contributed by atoms with Gasteiger partial charge in [-0.1, -0.05) is 6.92 Å². The highest BCUT2D eigenvalue weighted by atomic mass is 16.5. The summed E-state index contributed by atoms with van der Waals surface area (Å²) in [5, 5.41) is 9.24. The zero-order valence-electron chi connectivity index (χ0n) is 15.8. The predicted molar refractivity (Wildman–Crippen MR) is 102 cm³/mol. The van der Waals surface area contributed by atoms with Crippen LogP contribution in [-0.4, -0.2) is 45.2 Å². The van der Waals surface area contributed by atoms with Gasteiger partial charge in [0.2, 0.25) is 5.91 Å². The largest absolute Gasteiger partial charge is 0.493 e. The highest BCUT2D eigenvalue weighted by Crippen LogP contribution is 2.30. The molecule has 0 bridgehead atoms. The molecule has 7 heteroatoms. The molecule has 0 heterocycles. The molecular formula is C18H30N4O3. The zero-order chi connectivity index (χ0) is 18.7. The van der Waals surface area contributed by atoms with Crippen LogP contribution in [0.25, 0.3) is 0 Å². The van der Waals surface area contributed by atoms with E-state index in [1.54, 1.807) is 14.2 Å². The van der Waals surface area contributed by atoms with E-state index in [0.717, 1.165) is 12.1 Å². The summed E-state index contributed by atoms with van der Waals surface area (Å²) in [7, 11) is 3.29. The third-order valence-corrected chi connectivity index (χ3v) is 3.61. The van der Waals surface area contributed by atoms with E-state index >= 15 is 0 Å². The Morgan fingerprint density at radius 1 is 1.28 bits per heavy atom. The number of nitrogens with zero attached hydrogens (tertiary/aromatic N) is 1. The highest BCUT2D eigenvalue weighted by Gasteiger charge is 2.08. The molecule has 1 rings (SSSR count). The summed E-state index contributed by atoms with van der Waals surface area (Å²) in [6, 6.07) is 5.76. The standard InChI is InChI=1S/C18H30N4O3/c1-6-13(3)21-17(23)10-11-20-18(19-4)22-14-8-9-15(24-5)16(12-14)25-7-2/h8-9,12-13H,6-7,10-11H2,1-5H3,(H,21,23)(H2,19,20,22). The van der Waals surface area contributed by atoms with E-state index in [9.17, 15) is 4.79 Å². The number of aliphatic imine (C=N–C) groups is 1. The van der Waals surface area contributed by atoms with E-state index < -0.39 is 0 Å². The lowest BCUT2D eigenvalue weighted by Crippen LogP contribution is -2.37. The minimum absolute atomic E-state index is 0.0281. The van der Waals surface area contributed by atoms with Gasteiger partial charge in [0.25, 0.3) is 0 Å². The number of amides is 1. The average Bonchev–Trinajstić information content (AvgIpc) is 2.61. The Morgan fingerprint density at radius 3 is 2.64 bits per heavy atom. The van der Waals surface area contributed by atoms with Crippen molar-refractivity contribution in [1.82, 2.24) is 10.6 Å². The molecule has 1 unspecified atom stereocenters. The van der Waals surface area contributed by atoms with Gasteiger partial charge in [-0.25, -0.2) is 0 Å². The van der Waals surface area contributed by atoms with Crippen LogP contribution >= 0.6 is 0 Å². The van der Waals surface area contributed by atoms with Gasteiger partial charge in [-0.3, -0.25) is 9.79 Å². The number of rotatable bonds is 9. The first-order valence-corrected chi connectivity index (χ1v) is 8.61. The predicted octanol–water partition coefficient (Wildman–Crippen LogP) is 2.39. The number of benzene rings is 1. The molecule has 0 aliphatic rings. The number of ether oxygens (including phenoxy) is 2. The van der Waals surface area contributed by atoms with Crippen molar-refractivity contribution in [2.45, 2.75) is 39.7 Å². The number of carbonyl (C=O) groups is 1. The lowest BCUT2D eigenvalue weighted by Gasteiger charge is -2.15. The minimum Gasteiger partial charge on any atom is -0.493 e. The number of methoxy groups -OCH3 is 1. The van der Waals surface area contributed by atoms with Gasteiger partial charge in [-0.05, 0) is 32.4 Å². The van der Waals surface area contributed by atoms with Gasteiger partial charge >= 0.3 is 0 Å². The van der Waals surface area contributed by atoms with E-state index in [1.807, 2.05) is 39.0 Å². The summed E-state index contributed by atoms with van der Waals surface area (Å²) >= 11 is 0. The SMILES string of the molecule is CCOc1cc(NC(=NC)NCCC(=O)NC(C)CC)ccc1OC. The molecule has 3 N–H and O–H groups in total. The molecule has 140 valence electrons. The molecule has 1 aromatic carbocycles. The Morgan fingerprint density at radius 2 is 2.04 bits per heavy atom. The molecule has 0 spiro atoms. The Balaban J connectivity index is 2.56. The fourth-order valence-electron chi connectivity index (χ4n) is 2.08. The summed E-state index contributed by atoms with van der Waals surface area (Å²) in [6.07, 6.45) is 1.31. The van der Waals surface area contributed by atoms with Crippen molar-refractivity contribution in [2.24, 2.45) is 4.99 Å². The molecule has 25 heavy (non-hydrogen) atoms. The summed E-state index contributed by atoms with van der Waals surface area (Å²) in [5.41, 5.74) is 0.821. The van der Waals surface area contributed by atoms with Gasteiger partial charge < -0.3 is 25.4 Å². The number of nitrogens with one attached hydrogen (secondary N) is 3. The van der Waals surface area contributed by atoms with Gasteiger partial charge in [-0.2, -0.15) is 0 Å². The van der Waals surface area contributed by atoms with E-state index in [-0.39, 0.29) is 11.9 Å². The first-order valence-electron chi connectivity index (χ1n) is 8.61. The van der Waals surface area contributed by atoms with E-state index in [1.165, 1.54) is 0 Å². The van der Waals surface area contributed by atoms with E-state index in [0.29, 0.717) is 37.0 Å². The van der Waals surface area contributed by atoms with Crippen LogP contribution in [0.2, 0.25) is 0 Å². The van der Waals surface area contributed by atoms with Crippen LogP contribution in [0, 0.1) is 0 Å². The molecule has 0 aromatic heterocycles. The summed E-state index contributed by atoms with van der Waals surface area (Å²) in [6.45, 7) is 7.00. The summed E-state index contributed by atoms with van der Waals surface area (Å²) in [5.74, 6) is 1.96. The van der Waals surface area contributed by atoms with Crippen LogP contribution in [0.3, 0.4) is 0 Å². The van der Waals surface area contributed by atoms with Crippen LogP contribution < -0.4 is 25.4 Å². The quantitative estimate of drug-likeness (QED) is 0.470. The van der Waals surface area contributed by atoms with E-state index in [2.05, 4.69) is 20.9 Å². The molecule has 0 radical (unpaired) electrons. The van der Waals surface area contributed by atoms with Gasteiger partial charge in [0.15, 0.2) is 17.5 Å². The molecule has 1 amide bonds. The second-order valence-electron chi connectivity index (χ2n) is 5.55. The monoisotopic (exact) mass is 350 g/mol. The molecule has 7 nitrogen and oxygen atoms in total. The molecule has 0 aliphatic carbocycles. The summed E-state index contributed by atoms with van der Waals surface area (Å²) in [4.78, 5) is 16.0. The smallest absolute Gasteiger partial charge is 0.221 e. The van der Waals surface area contributed by atoms with Crippen molar-refractivity contribution < 1.29 is 14.3 Å². The number of hydrogen-bond donors (Lipinski definition) is 3. The molecule has 0 saturated carbocycles. The maximum absolute atomic E-state index is 11.8. The van der Waals surface area contributed by atoms with Crippen molar-refractivity contribution in [2.75, 3.05) is 32.6 Å². The van der Waals surface area contributed by atoms with Crippen molar-refractivity contribution in [3.63, 3.8) is 0 Å². The van der Waals surface area contributed by atoms with Crippen molar-refractivity contribution in [1.29, 1.82) is 0 Å². The third kappa shape index (κ3) is 7.32. The zero-order valence-corrected chi connectivity index (χ0v) is 15.8. The molecule has 0 fully saturated rings. The fraction of sp³-hybridized carbons (Fsp3) is 0.556. The van der Waals surface area contributed by atoms with Crippen molar-refractivity contribution in [3.05, 3.63) is 18.2 Å². The molecule has 1 atom stereocenters. The van der Waals surface area contributed by atoms with Crippen LogP contribution in [0.15, 0.2) is 23.2 Å². The van der Waals surface area contributed by atoms with Crippen molar-refractivity contribution in [3.8, 4) is 11.5 Å². The Labute approximate surface area is 150 Å². The van der Waals surface area contributed by atoms with Crippen molar-refractivity contribution >= 4 is 17.6 Å². The normalized spacial score (nSPS) is 12.3. The number of carbonyl (C=O) groups excluding carboxylic acids is 1. The Kier molecular flexibility index (Phi) is 9.21. The highest BCUT2D eigenvalue weighted by molar-refractivity contribution is 5.94. The van der Waals surface area contributed by atoms with Crippen LogP contribution in [0.4, 0.5) is 5.69 Å². The molecular weight excluding hydrogens is 320 g/mol. The second kappa shape index (κ2) is 11.2. The van der Waals surface area contributed by atoms with Crippen LogP contribution in [-0.2, 0) is 4.79 Å². The minimum atomic E-state index is 0.0281. The number of hydrogen-bond acceptors (Lipinski definition) is 4. The molecule has 0 aliphatic heterocycles. The third-order valence-electron chi connectivity index (χ3n) is 3.61. The topological polar surface area (TPSA) is 84.0 Å². The maximum atomic E-state index is 11.8. The van der Waals surface area contributed by atoms with Crippen LogP contribution in [0.5, 0.6) is 11.5 Å². The number of anilines is 1. The fourth-order valence-corrected chi connectivity index (χ4v) is 2.08. The van der Waals surface area contributed by atoms with Gasteiger partial charge in [-0.15, -0.1) is 0 Å². The first-order chi connectivity index (χ1) is 12.0. The lowest BCUT2D eigenvalue weighted by molar-refractivity contribution is -0.121. The van der Waals surface area contributed by atoms with Gasteiger partial charge in [0.1, 0.15) is 0 Å². The number of guanidine groups is 1. The maximum Gasteiger partial charge on any atom is 0.221 e. The average molecular weight is 350 g/mol. The van der Waals surface area contributed by atoms with Gasteiger partial charge in [0, 0.05) is 37.8 Å².